The number of hydrogen-bond acceptors (Lipinski definition) is 6. The molecule has 8 heteroatoms. The Morgan fingerprint density at radius 1 is 1.03 bits per heavy atom. The van der Waals surface area contributed by atoms with Gasteiger partial charge in [-0.3, -0.25) is 9.59 Å². The Morgan fingerprint density at radius 2 is 1.74 bits per heavy atom. The first-order chi connectivity index (χ1) is 15.1. The van der Waals surface area contributed by atoms with E-state index in [2.05, 4.69) is 20.1 Å². The van der Waals surface area contributed by atoms with Crippen molar-refractivity contribution in [1.29, 1.82) is 0 Å². The van der Waals surface area contributed by atoms with E-state index in [1.165, 1.54) is 4.90 Å². The van der Waals surface area contributed by atoms with Gasteiger partial charge in [0.2, 0.25) is 5.91 Å². The van der Waals surface area contributed by atoms with Gasteiger partial charge in [0.25, 0.3) is 5.91 Å². The zero-order valence-electron chi connectivity index (χ0n) is 17.9. The second kappa shape index (κ2) is 9.78. The van der Waals surface area contributed by atoms with E-state index in [0.717, 1.165) is 57.9 Å². The van der Waals surface area contributed by atoms with E-state index < -0.39 is 0 Å². The molecule has 2 aliphatic rings. The van der Waals surface area contributed by atoms with Crippen molar-refractivity contribution in [2.75, 3.05) is 68.1 Å². The van der Waals surface area contributed by atoms with Gasteiger partial charge >= 0.3 is 0 Å². The molecular formula is C23H29N5O3. The molecule has 3 heterocycles. The third kappa shape index (κ3) is 5.14. The fourth-order valence-electron chi connectivity index (χ4n) is 4.02. The van der Waals surface area contributed by atoms with E-state index in [9.17, 15) is 9.59 Å². The first-order valence-corrected chi connectivity index (χ1v) is 10.8. The van der Waals surface area contributed by atoms with Crippen molar-refractivity contribution in [3.05, 3.63) is 48.2 Å². The van der Waals surface area contributed by atoms with Crippen molar-refractivity contribution in [3.63, 3.8) is 0 Å². The van der Waals surface area contributed by atoms with Gasteiger partial charge in [-0.2, -0.15) is 0 Å². The predicted molar refractivity (Wildman–Crippen MR) is 121 cm³/mol. The van der Waals surface area contributed by atoms with Crippen LogP contribution in [0.3, 0.4) is 0 Å². The zero-order valence-corrected chi connectivity index (χ0v) is 17.9. The molecule has 31 heavy (non-hydrogen) atoms. The quantitative estimate of drug-likeness (QED) is 0.768. The third-order valence-corrected chi connectivity index (χ3v) is 5.68. The van der Waals surface area contributed by atoms with Crippen LogP contribution in [0.2, 0.25) is 0 Å². The lowest BCUT2D eigenvalue weighted by Gasteiger charge is -2.29. The number of pyridine rings is 1. The Morgan fingerprint density at radius 3 is 2.45 bits per heavy atom. The molecule has 0 spiro atoms. The molecule has 0 atom stereocenters. The van der Waals surface area contributed by atoms with Gasteiger partial charge in [-0.05, 0) is 49.2 Å². The molecule has 2 amide bonds. The fraction of sp³-hybridized carbons (Fsp3) is 0.435. The topological polar surface area (TPSA) is 78.0 Å². The van der Waals surface area contributed by atoms with Gasteiger partial charge in [0.15, 0.2) is 0 Å². The Hall–Kier alpha value is -3.13. The molecule has 8 nitrogen and oxygen atoms in total. The van der Waals surface area contributed by atoms with E-state index in [1.807, 2.05) is 24.3 Å². The molecule has 4 rings (SSSR count). The summed E-state index contributed by atoms with van der Waals surface area (Å²) in [6, 6.07) is 11.3. The van der Waals surface area contributed by atoms with Crippen molar-refractivity contribution in [3.8, 4) is 0 Å². The number of hydrogen-bond donors (Lipinski definition) is 1. The number of morpholine rings is 1. The minimum Gasteiger partial charge on any atom is -0.378 e. The minimum atomic E-state index is -0.235. The summed E-state index contributed by atoms with van der Waals surface area (Å²) in [4.78, 5) is 35.8. The van der Waals surface area contributed by atoms with Gasteiger partial charge in [-0.1, -0.05) is 0 Å². The number of nitrogens with zero attached hydrogens (tertiary/aromatic N) is 4. The van der Waals surface area contributed by atoms with E-state index in [-0.39, 0.29) is 18.4 Å². The maximum absolute atomic E-state index is 13.0. The molecule has 0 saturated carbocycles. The number of anilines is 3. The summed E-state index contributed by atoms with van der Waals surface area (Å²) in [7, 11) is 1.64. The number of benzene rings is 1. The van der Waals surface area contributed by atoms with Gasteiger partial charge in [-0.25, -0.2) is 4.98 Å². The molecule has 0 bridgehead atoms. The fourth-order valence-corrected chi connectivity index (χ4v) is 4.02. The molecule has 0 aliphatic carbocycles. The van der Waals surface area contributed by atoms with Crippen LogP contribution < -0.4 is 15.1 Å². The predicted octanol–water partition coefficient (Wildman–Crippen LogP) is 2.23. The molecule has 0 unspecified atom stereocenters. The molecule has 2 fully saturated rings. The molecule has 2 saturated heterocycles. The van der Waals surface area contributed by atoms with Crippen molar-refractivity contribution in [2.24, 2.45) is 0 Å². The third-order valence-electron chi connectivity index (χ3n) is 5.68. The molecule has 0 radical (unpaired) electrons. The van der Waals surface area contributed by atoms with Crippen LogP contribution in [-0.2, 0) is 9.53 Å². The second-order valence-electron chi connectivity index (χ2n) is 7.92. The monoisotopic (exact) mass is 423 g/mol. The average Bonchev–Trinajstić information content (AvgIpc) is 3.34. The highest BCUT2D eigenvalue weighted by molar-refractivity contribution is 6.02. The number of rotatable bonds is 6. The summed E-state index contributed by atoms with van der Waals surface area (Å²) < 4.78 is 5.38. The maximum Gasteiger partial charge on any atom is 0.257 e. The summed E-state index contributed by atoms with van der Waals surface area (Å²) in [5, 5.41) is 2.88. The van der Waals surface area contributed by atoms with Gasteiger partial charge < -0.3 is 24.8 Å². The Kier molecular flexibility index (Phi) is 6.66. The van der Waals surface area contributed by atoms with Crippen LogP contribution in [0.1, 0.15) is 23.2 Å². The number of ether oxygens (including phenoxy) is 1. The largest absolute Gasteiger partial charge is 0.378 e. The Balaban J connectivity index is 1.35. The average molecular weight is 424 g/mol. The van der Waals surface area contributed by atoms with Crippen LogP contribution in [0.4, 0.5) is 17.2 Å². The van der Waals surface area contributed by atoms with Crippen molar-refractivity contribution in [1.82, 2.24) is 9.88 Å². The summed E-state index contributed by atoms with van der Waals surface area (Å²) >= 11 is 0. The molecule has 1 N–H and O–H groups in total. The summed E-state index contributed by atoms with van der Waals surface area (Å²) in [6.07, 6.45) is 3.91. The first-order valence-electron chi connectivity index (χ1n) is 10.8. The lowest BCUT2D eigenvalue weighted by Crippen LogP contribution is -2.36. The van der Waals surface area contributed by atoms with Gasteiger partial charge in [0, 0.05) is 50.8 Å². The lowest BCUT2D eigenvalue weighted by atomic mass is 10.2. The SMILES string of the molecule is CN(CC(=O)Nc1ccc(N2CCOCC2)cc1)C(=O)c1cccnc1N1CCCC1. The lowest BCUT2D eigenvalue weighted by molar-refractivity contribution is -0.116. The number of likely N-dealkylation sites (N-methyl/N-ethyl adjacent to an activating group) is 1. The van der Waals surface area contributed by atoms with E-state index in [4.69, 9.17) is 4.74 Å². The highest BCUT2D eigenvalue weighted by atomic mass is 16.5. The molecule has 2 aromatic rings. The van der Waals surface area contributed by atoms with Gasteiger partial charge in [0.05, 0.1) is 25.3 Å². The molecule has 164 valence electrons. The van der Waals surface area contributed by atoms with E-state index in [1.54, 1.807) is 25.4 Å². The normalized spacial score (nSPS) is 16.3. The van der Waals surface area contributed by atoms with Crippen molar-refractivity contribution >= 4 is 29.0 Å². The van der Waals surface area contributed by atoms with Crippen LogP contribution in [0.15, 0.2) is 42.6 Å². The van der Waals surface area contributed by atoms with Crippen molar-refractivity contribution in [2.45, 2.75) is 12.8 Å². The molecule has 2 aliphatic heterocycles. The number of carbonyl (C=O) groups excluding carboxylic acids is 2. The van der Waals surface area contributed by atoms with Crippen LogP contribution in [-0.4, -0.2) is 74.7 Å². The Labute approximate surface area is 182 Å². The second-order valence-corrected chi connectivity index (χ2v) is 7.92. The van der Waals surface area contributed by atoms with Gasteiger partial charge in [-0.15, -0.1) is 0 Å². The van der Waals surface area contributed by atoms with Crippen LogP contribution in [0.5, 0.6) is 0 Å². The molecule has 1 aromatic heterocycles. The van der Waals surface area contributed by atoms with Crippen molar-refractivity contribution < 1.29 is 14.3 Å². The summed E-state index contributed by atoms with van der Waals surface area (Å²) in [5.41, 5.74) is 2.36. The number of aromatic nitrogens is 1. The number of nitrogens with one attached hydrogen (secondary N) is 1. The molecular weight excluding hydrogens is 394 g/mol. The Bertz CT molecular complexity index is 906. The minimum absolute atomic E-state index is 0.0294. The highest BCUT2D eigenvalue weighted by Gasteiger charge is 2.23. The smallest absolute Gasteiger partial charge is 0.257 e. The maximum atomic E-state index is 13.0. The number of amides is 2. The van der Waals surface area contributed by atoms with Crippen LogP contribution in [0.25, 0.3) is 0 Å². The summed E-state index contributed by atoms with van der Waals surface area (Å²) in [5.74, 6) is 0.269. The van der Waals surface area contributed by atoms with E-state index >= 15 is 0 Å². The zero-order chi connectivity index (χ0) is 21.6. The molecule has 1 aromatic carbocycles. The van der Waals surface area contributed by atoms with Gasteiger partial charge in [0.1, 0.15) is 5.82 Å². The number of carbonyl (C=O) groups is 2. The summed E-state index contributed by atoms with van der Waals surface area (Å²) in [6.45, 7) is 4.98. The standard InChI is InChI=1S/C23H29N5O3/c1-26(23(30)20-5-4-10-24-22(20)28-11-2-3-12-28)17-21(29)25-18-6-8-19(9-7-18)27-13-15-31-16-14-27/h4-10H,2-3,11-17H2,1H3,(H,25,29). The van der Waals surface area contributed by atoms with Crippen LogP contribution >= 0.6 is 0 Å². The highest BCUT2D eigenvalue weighted by Crippen LogP contribution is 2.23. The van der Waals surface area contributed by atoms with Crippen LogP contribution in [0, 0.1) is 0 Å². The van der Waals surface area contributed by atoms with E-state index in [0.29, 0.717) is 17.1 Å². The first kappa shape index (κ1) is 21.1.